The van der Waals surface area contributed by atoms with Crippen molar-refractivity contribution in [3.63, 3.8) is 0 Å². The van der Waals surface area contributed by atoms with Gasteiger partial charge in [0.15, 0.2) is 0 Å². The molecule has 1 unspecified atom stereocenters. The molecule has 0 saturated heterocycles. The Labute approximate surface area is 118 Å². The summed E-state index contributed by atoms with van der Waals surface area (Å²) >= 11 is 0. The van der Waals surface area contributed by atoms with Gasteiger partial charge in [0, 0.05) is 12.5 Å². The highest BCUT2D eigenvalue weighted by atomic mass is 19.1. The number of carbonyl (C=O) groups is 1. The highest BCUT2D eigenvalue weighted by molar-refractivity contribution is 5.80. The second-order valence-corrected chi connectivity index (χ2v) is 5.29. The van der Waals surface area contributed by atoms with Gasteiger partial charge >= 0.3 is 5.97 Å². The number of methoxy groups -OCH3 is 1. The molecule has 1 aromatic rings. The monoisotopic (exact) mass is 281 g/mol. The van der Waals surface area contributed by atoms with Crippen LogP contribution in [0.3, 0.4) is 0 Å². The fourth-order valence-electron chi connectivity index (χ4n) is 2.04. The number of benzene rings is 1. The van der Waals surface area contributed by atoms with Crippen LogP contribution in [0.2, 0.25) is 0 Å². The van der Waals surface area contributed by atoms with E-state index in [-0.39, 0.29) is 11.8 Å². The van der Waals surface area contributed by atoms with Crippen molar-refractivity contribution in [1.82, 2.24) is 5.32 Å². The smallest absolute Gasteiger partial charge is 0.325 e. The molecule has 1 atom stereocenters. The van der Waals surface area contributed by atoms with Crippen molar-refractivity contribution in [2.24, 2.45) is 0 Å². The van der Waals surface area contributed by atoms with Gasteiger partial charge in [-0.3, -0.25) is 10.1 Å². The third kappa shape index (κ3) is 3.93. The first kappa shape index (κ1) is 14.8. The lowest BCUT2D eigenvalue weighted by Crippen LogP contribution is -2.52. The molecule has 0 aliphatic heterocycles. The zero-order chi connectivity index (χ0) is 14.6. The third-order valence-corrected chi connectivity index (χ3v) is 3.42. The number of esters is 1. The Hall–Kier alpha value is -1.62. The van der Waals surface area contributed by atoms with Gasteiger partial charge in [-0.2, -0.15) is 0 Å². The summed E-state index contributed by atoms with van der Waals surface area (Å²) in [5, 5.41) is 3.30. The summed E-state index contributed by atoms with van der Waals surface area (Å²) in [5.74, 6) is 0.00398. The summed E-state index contributed by atoms with van der Waals surface area (Å²) in [4.78, 5) is 11.9. The molecule has 0 radical (unpaired) electrons. The normalized spacial score (nSPS) is 17.4. The van der Waals surface area contributed by atoms with Crippen LogP contribution in [0.25, 0.3) is 0 Å². The minimum Gasteiger partial charge on any atom is -0.494 e. The van der Waals surface area contributed by atoms with Crippen molar-refractivity contribution >= 4 is 5.97 Å². The Morgan fingerprint density at radius 1 is 1.40 bits per heavy atom. The predicted molar refractivity (Wildman–Crippen MR) is 73.1 cm³/mol. The standard InChI is InChI=1S/C15H20FNO3/c1-15(14(18)19-2,17-12-5-6-12)9-10-20-13-7-3-11(16)4-8-13/h3-4,7-8,12,17H,5-6,9-10H2,1-2H3. The van der Waals surface area contributed by atoms with Crippen molar-refractivity contribution in [3.05, 3.63) is 30.1 Å². The van der Waals surface area contributed by atoms with Crippen LogP contribution in [0.15, 0.2) is 24.3 Å². The van der Waals surface area contributed by atoms with Crippen LogP contribution in [0.5, 0.6) is 5.75 Å². The predicted octanol–water partition coefficient (Wildman–Crippen LogP) is 2.28. The van der Waals surface area contributed by atoms with E-state index in [0.29, 0.717) is 24.8 Å². The van der Waals surface area contributed by atoms with Crippen molar-refractivity contribution in [3.8, 4) is 5.75 Å². The molecule has 0 bridgehead atoms. The van der Waals surface area contributed by atoms with Gasteiger partial charge in [-0.15, -0.1) is 0 Å². The average Bonchev–Trinajstić information content (AvgIpc) is 3.24. The minimum absolute atomic E-state index is 0.285. The van der Waals surface area contributed by atoms with Gasteiger partial charge in [-0.1, -0.05) is 0 Å². The van der Waals surface area contributed by atoms with Crippen molar-refractivity contribution in [2.45, 2.75) is 37.8 Å². The van der Waals surface area contributed by atoms with Gasteiger partial charge in [0.25, 0.3) is 0 Å². The van der Waals surface area contributed by atoms with Gasteiger partial charge in [-0.25, -0.2) is 4.39 Å². The van der Waals surface area contributed by atoms with E-state index in [1.165, 1.54) is 19.2 Å². The van der Waals surface area contributed by atoms with Gasteiger partial charge in [0.2, 0.25) is 0 Å². The number of hydrogen-bond donors (Lipinski definition) is 1. The van der Waals surface area contributed by atoms with E-state index in [2.05, 4.69) is 5.32 Å². The Morgan fingerprint density at radius 2 is 2.05 bits per heavy atom. The van der Waals surface area contributed by atoms with Gasteiger partial charge < -0.3 is 9.47 Å². The van der Waals surface area contributed by atoms with Crippen LogP contribution >= 0.6 is 0 Å². The molecule has 0 spiro atoms. The molecule has 4 nitrogen and oxygen atoms in total. The lowest BCUT2D eigenvalue weighted by molar-refractivity contribution is -0.148. The maximum absolute atomic E-state index is 12.8. The zero-order valence-electron chi connectivity index (χ0n) is 11.8. The molecular formula is C15H20FNO3. The summed E-state index contributed by atoms with van der Waals surface area (Å²) in [6.07, 6.45) is 2.67. The fourth-order valence-corrected chi connectivity index (χ4v) is 2.04. The lowest BCUT2D eigenvalue weighted by atomic mass is 9.98. The molecule has 20 heavy (non-hydrogen) atoms. The molecule has 1 aromatic carbocycles. The second-order valence-electron chi connectivity index (χ2n) is 5.29. The Morgan fingerprint density at radius 3 is 2.60 bits per heavy atom. The van der Waals surface area contributed by atoms with E-state index in [1.807, 2.05) is 6.92 Å². The van der Waals surface area contributed by atoms with E-state index < -0.39 is 5.54 Å². The van der Waals surface area contributed by atoms with Gasteiger partial charge in [-0.05, 0) is 44.0 Å². The molecular weight excluding hydrogens is 261 g/mol. The number of carbonyl (C=O) groups excluding carboxylic acids is 1. The summed E-state index contributed by atoms with van der Waals surface area (Å²) in [5.41, 5.74) is -0.740. The van der Waals surface area contributed by atoms with Crippen molar-refractivity contribution in [1.29, 1.82) is 0 Å². The van der Waals surface area contributed by atoms with Crippen LogP contribution in [-0.2, 0) is 9.53 Å². The molecule has 0 amide bonds. The van der Waals surface area contributed by atoms with Crippen LogP contribution < -0.4 is 10.1 Å². The SMILES string of the molecule is COC(=O)C(C)(CCOc1ccc(F)cc1)NC1CC1. The maximum Gasteiger partial charge on any atom is 0.325 e. The van der Waals surface area contributed by atoms with Crippen LogP contribution in [-0.4, -0.2) is 31.3 Å². The Balaban J connectivity index is 1.87. The quantitative estimate of drug-likeness (QED) is 0.779. The molecule has 1 aliphatic rings. The van der Waals surface area contributed by atoms with Gasteiger partial charge in [0.1, 0.15) is 17.1 Å². The minimum atomic E-state index is -0.740. The largest absolute Gasteiger partial charge is 0.494 e. The van der Waals surface area contributed by atoms with Crippen molar-refractivity contribution in [2.75, 3.05) is 13.7 Å². The highest BCUT2D eigenvalue weighted by Crippen LogP contribution is 2.25. The zero-order valence-corrected chi connectivity index (χ0v) is 11.8. The summed E-state index contributed by atoms with van der Waals surface area (Å²) in [6, 6.07) is 6.22. The molecule has 2 rings (SSSR count). The number of nitrogens with one attached hydrogen (secondary N) is 1. The molecule has 110 valence electrons. The van der Waals surface area contributed by atoms with E-state index in [4.69, 9.17) is 9.47 Å². The van der Waals surface area contributed by atoms with E-state index in [0.717, 1.165) is 12.8 Å². The van der Waals surface area contributed by atoms with E-state index in [9.17, 15) is 9.18 Å². The molecule has 0 heterocycles. The molecule has 5 heteroatoms. The van der Waals surface area contributed by atoms with Crippen LogP contribution in [0.4, 0.5) is 4.39 Å². The van der Waals surface area contributed by atoms with Gasteiger partial charge in [0.05, 0.1) is 13.7 Å². The Bertz CT molecular complexity index is 459. The first-order valence-electron chi connectivity index (χ1n) is 6.78. The topological polar surface area (TPSA) is 47.6 Å². The first-order chi connectivity index (χ1) is 9.53. The summed E-state index contributed by atoms with van der Waals surface area (Å²) < 4.78 is 23.2. The number of halogens is 1. The molecule has 1 saturated carbocycles. The molecule has 1 aliphatic carbocycles. The Kier molecular flexibility index (Phi) is 4.60. The van der Waals surface area contributed by atoms with E-state index >= 15 is 0 Å². The number of ether oxygens (including phenoxy) is 2. The average molecular weight is 281 g/mol. The fraction of sp³-hybridized carbons (Fsp3) is 0.533. The summed E-state index contributed by atoms with van der Waals surface area (Å²) in [7, 11) is 1.38. The number of rotatable bonds is 7. The highest BCUT2D eigenvalue weighted by Gasteiger charge is 2.39. The second kappa shape index (κ2) is 6.22. The molecule has 1 fully saturated rings. The molecule has 1 N–H and O–H groups in total. The van der Waals surface area contributed by atoms with E-state index in [1.54, 1.807) is 12.1 Å². The third-order valence-electron chi connectivity index (χ3n) is 3.42. The lowest BCUT2D eigenvalue weighted by Gasteiger charge is -2.28. The maximum atomic E-state index is 12.8. The van der Waals surface area contributed by atoms with Crippen molar-refractivity contribution < 1.29 is 18.7 Å². The first-order valence-corrected chi connectivity index (χ1v) is 6.78. The summed E-state index contributed by atoms with van der Waals surface area (Å²) in [6.45, 7) is 2.18. The van der Waals surface area contributed by atoms with Crippen LogP contribution in [0.1, 0.15) is 26.2 Å². The molecule has 0 aromatic heterocycles. The number of hydrogen-bond acceptors (Lipinski definition) is 4. The van der Waals surface area contributed by atoms with Crippen LogP contribution in [0, 0.1) is 5.82 Å².